The smallest absolute Gasteiger partial charge is 0.137 e. The number of nitrogens with one attached hydrogen (secondary N) is 1. The average molecular weight is 268 g/mol. The van der Waals surface area contributed by atoms with Gasteiger partial charge in [-0.25, -0.2) is 0 Å². The summed E-state index contributed by atoms with van der Waals surface area (Å²) >= 11 is 6.12. The molecule has 0 spiro atoms. The first-order valence-electron chi connectivity index (χ1n) is 6.36. The van der Waals surface area contributed by atoms with E-state index in [9.17, 15) is 0 Å². The highest BCUT2D eigenvalue weighted by atomic mass is 35.5. The van der Waals surface area contributed by atoms with Gasteiger partial charge in [0.05, 0.1) is 12.1 Å². The van der Waals surface area contributed by atoms with Crippen LogP contribution in [0.25, 0.3) is 0 Å². The van der Waals surface area contributed by atoms with Crippen molar-refractivity contribution in [1.82, 2.24) is 5.32 Å². The zero-order chi connectivity index (χ0) is 13.6. The van der Waals surface area contributed by atoms with Crippen molar-refractivity contribution in [3.05, 3.63) is 28.8 Å². The lowest BCUT2D eigenvalue weighted by atomic mass is 10.0. The van der Waals surface area contributed by atoms with Crippen LogP contribution in [0, 0.1) is 10.8 Å². The molecule has 0 amide bonds. The van der Waals surface area contributed by atoms with Crippen LogP contribution in [0.4, 0.5) is 0 Å². The van der Waals surface area contributed by atoms with Crippen molar-refractivity contribution in [1.29, 1.82) is 0 Å². The predicted molar refractivity (Wildman–Crippen MR) is 76.2 cm³/mol. The van der Waals surface area contributed by atoms with Crippen LogP contribution in [-0.4, -0.2) is 13.2 Å². The van der Waals surface area contributed by atoms with Crippen molar-refractivity contribution < 1.29 is 4.74 Å². The standard InChI is InChI=1S/C15H22ClNO/c1-14(2)13(15(14,3)4)17-9-10-6-7-12(18-5)11(16)8-10/h6-8,13,17H,9H2,1-5H3. The second kappa shape index (κ2) is 4.43. The summed E-state index contributed by atoms with van der Waals surface area (Å²) in [6, 6.07) is 6.50. The third-order valence-electron chi connectivity index (χ3n) is 4.75. The molecule has 2 nitrogen and oxygen atoms in total. The number of benzene rings is 1. The molecule has 0 heterocycles. The van der Waals surface area contributed by atoms with E-state index in [-0.39, 0.29) is 0 Å². The summed E-state index contributed by atoms with van der Waals surface area (Å²) in [6.45, 7) is 10.1. The molecule has 1 fully saturated rings. The summed E-state index contributed by atoms with van der Waals surface area (Å²) in [7, 11) is 1.63. The highest BCUT2D eigenvalue weighted by Crippen LogP contribution is 2.62. The van der Waals surface area contributed by atoms with Gasteiger partial charge in [-0.2, -0.15) is 0 Å². The third kappa shape index (κ3) is 2.12. The van der Waals surface area contributed by atoms with Crippen molar-refractivity contribution in [2.45, 2.75) is 40.3 Å². The molecule has 0 unspecified atom stereocenters. The fourth-order valence-electron chi connectivity index (χ4n) is 2.75. The van der Waals surface area contributed by atoms with Crippen molar-refractivity contribution in [2.24, 2.45) is 10.8 Å². The van der Waals surface area contributed by atoms with E-state index in [0.29, 0.717) is 21.9 Å². The van der Waals surface area contributed by atoms with E-state index in [1.807, 2.05) is 12.1 Å². The minimum absolute atomic E-state index is 0.364. The van der Waals surface area contributed by atoms with Gasteiger partial charge in [0.1, 0.15) is 5.75 Å². The van der Waals surface area contributed by atoms with Gasteiger partial charge in [0, 0.05) is 12.6 Å². The second-order valence-corrected chi connectivity index (χ2v) is 6.63. The van der Waals surface area contributed by atoms with Gasteiger partial charge in [-0.1, -0.05) is 45.4 Å². The highest BCUT2D eigenvalue weighted by molar-refractivity contribution is 6.32. The molecule has 0 saturated heterocycles. The van der Waals surface area contributed by atoms with Crippen LogP contribution in [0.2, 0.25) is 5.02 Å². The normalized spacial score (nSPS) is 20.8. The SMILES string of the molecule is COc1ccc(CNC2C(C)(C)C2(C)C)cc1Cl. The van der Waals surface area contributed by atoms with Gasteiger partial charge in [-0.3, -0.25) is 0 Å². The molecule has 0 bridgehead atoms. The molecule has 2 rings (SSSR count). The molecule has 0 aromatic heterocycles. The van der Waals surface area contributed by atoms with Gasteiger partial charge in [-0.15, -0.1) is 0 Å². The number of ether oxygens (including phenoxy) is 1. The van der Waals surface area contributed by atoms with Crippen LogP contribution >= 0.6 is 11.6 Å². The van der Waals surface area contributed by atoms with E-state index in [0.717, 1.165) is 12.3 Å². The zero-order valence-electron chi connectivity index (χ0n) is 11.8. The van der Waals surface area contributed by atoms with E-state index in [1.165, 1.54) is 5.56 Å². The third-order valence-corrected chi connectivity index (χ3v) is 5.04. The van der Waals surface area contributed by atoms with Crippen LogP contribution in [0.3, 0.4) is 0 Å². The van der Waals surface area contributed by atoms with Crippen LogP contribution < -0.4 is 10.1 Å². The molecule has 18 heavy (non-hydrogen) atoms. The monoisotopic (exact) mass is 267 g/mol. The molecule has 100 valence electrons. The number of methoxy groups -OCH3 is 1. The van der Waals surface area contributed by atoms with Gasteiger partial charge < -0.3 is 10.1 Å². The summed E-state index contributed by atoms with van der Waals surface area (Å²) < 4.78 is 5.15. The molecule has 1 saturated carbocycles. The van der Waals surface area contributed by atoms with Gasteiger partial charge >= 0.3 is 0 Å². The first kappa shape index (κ1) is 13.7. The fraction of sp³-hybridized carbons (Fsp3) is 0.600. The lowest BCUT2D eigenvalue weighted by Gasteiger charge is -2.09. The van der Waals surface area contributed by atoms with Gasteiger partial charge in [0.25, 0.3) is 0 Å². The van der Waals surface area contributed by atoms with Crippen molar-refractivity contribution in [2.75, 3.05) is 7.11 Å². The van der Waals surface area contributed by atoms with E-state index >= 15 is 0 Å². The number of rotatable bonds is 4. The van der Waals surface area contributed by atoms with Gasteiger partial charge in [0.15, 0.2) is 0 Å². The number of hydrogen-bond donors (Lipinski definition) is 1. The lowest BCUT2D eigenvalue weighted by Crippen LogP contribution is -2.21. The summed E-state index contributed by atoms with van der Waals surface area (Å²) in [5, 5.41) is 4.29. The molecule has 1 aromatic carbocycles. The van der Waals surface area contributed by atoms with Crippen LogP contribution in [-0.2, 0) is 6.54 Å². The Kier molecular flexibility index (Phi) is 3.37. The van der Waals surface area contributed by atoms with Crippen LogP contribution in [0.1, 0.15) is 33.3 Å². The molecule has 0 atom stereocenters. The topological polar surface area (TPSA) is 21.3 Å². The van der Waals surface area contributed by atoms with Crippen LogP contribution in [0.15, 0.2) is 18.2 Å². The minimum atomic E-state index is 0.364. The molecule has 1 aliphatic rings. The zero-order valence-corrected chi connectivity index (χ0v) is 12.6. The first-order chi connectivity index (χ1) is 8.30. The molecular weight excluding hydrogens is 246 g/mol. The Morgan fingerprint density at radius 3 is 2.28 bits per heavy atom. The van der Waals surface area contributed by atoms with Crippen molar-refractivity contribution >= 4 is 11.6 Å². The number of halogens is 1. The van der Waals surface area contributed by atoms with E-state index < -0.39 is 0 Å². The molecule has 1 aromatic rings. The highest BCUT2D eigenvalue weighted by Gasteiger charge is 2.64. The van der Waals surface area contributed by atoms with Gasteiger partial charge in [-0.05, 0) is 28.5 Å². The predicted octanol–water partition coefficient (Wildman–Crippen LogP) is 3.87. The molecule has 0 radical (unpaired) electrons. The van der Waals surface area contributed by atoms with E-state index in [1.54, 1.807) is 7.11 Å². The quantitative estimate of drug-likeness (QED) is 0.894. The Balaban J connectivity index is 1.98. The molecule has 3 heteroatoms. The minimum Gasteiger partial charge on any atom is -0.495 e. The first-order valence-corrected chi connectivity index (χ1v) is 6.74. The Bertz CT molecular complexity index is 440. The molecule has 1 N–H and O–H groups in total. The van der Waals surface area contributed by atoms with Crippen molar-refractivity contribution in [3.63, 3.8) is 0 Å². The van der Waals surface area contributed by atoms with Gasteiger partial charge in [0.2, 0.25) is 0 Å². The summed E-state index contributed by atoms with van der Waals surface area (Å²) in [6.07, 6.45) is 0. The van der Waals surface area contributed by atoms with Crippen molar-refractivity contribution in [3.8, 4) is 5.75 Å². The van der Waals surface area contributed by atoms with Crippen LogP contribution in [0.5, 0.6) is 5.75 Å². The average Bonchev–Trinajstić information content (AvgIpc) is 2.67. The van der Waals surface area contributed by atoms with E-state index in [2.05, 4.69) is 39.1 Å². The van der Waals surface area contributed by atoms with E-state index in [4.69, 9.17) is 16.3 Å². The fourth-order valence-corrected chi connectivity index (χ4v) is 3.03. The molecule has 0 aliphatic heterocycles. The molecule has 1 aliphatic carbocycles. The summed E-state index contributed by atoms with van der Waals surface area (Å²) in [4.78, 5) is 0. The Morgan fingerprint density at radius 1 is 1.22 bits per heavy atom. The summed E-state index contributed by atoms with van der Waals surface area (Å²) in [5.41, 5.74) is 1.92. The maximum Gasteiger partial charge on any atom is 0.137 e. The second-order valence-electron chi connectivity index (χ2n) is 6.23. The largest absolute Gasteiger partial charge is 0.495 e. The Hall–Kier alpha value is -0.730. The molecular formula is C15H22ClNO. The lowest BCUT2D eigenvalue weighted by molar-refractivity contribution is 0.415. The maximum atomic E-state index is 6.12. The Labute approximate surface area is 115 Å². The summed E-state index contributed by atoms with van der Waals surface area (Å²) in [5.74, 6) is 0.729. The number of hydrogen-bond acceptors (Lipinski definition) is 2. The maximum absolute atomic E-state index is 6.12. The Morgan fingerprint density at radius 2 is 1.83 bits per heavy atom.